The van der Waals surface area contributed by atoms with Gasteiger partial charge in [0.05, 0.1) is 17.5 Å². The van der Waals surface area contributed by atoms with E-state index in [0.29, 0.717) is 17.3 Å². The molecule has 2 atom stereocenters. The maximum Gasteiger partial charge on any atom is 0.175 e. The Morgan fingerprint density at radius 2 is 1.80 bits per heavy atom. The number of hydrogen-bond acceptors (Lipinski definition) is 6. The van der Waals surface area contributed by atoms with Crippen molar-refractivity contribution in [2.24, 2.45) is 0 Å². The molecule has 0 radical (unpaired) electrons. The van der Waals surface area contributed by atoms with E-state index in [2.05, 4.69) is 15.9 Å². The molecule has 0 unspecified atom stereocenters. The van der Waals surface area contributed by atoms with Crippen molar-refractivity contribution in [3.63, 3.8) is 0 Å². The van der Waals surface area contributed by atoms with Crippen molar-refractivity contribution in [3.05, 3.63) is 58.6 Å². The monoisotopic (exact) mass is 450 g/mol. The predicted octanol–water partition coefficient (Wildman–Crippen LogP) is 2.40. The Morgan fingerprint density at radius 3 is 2.43 bits per heavy atom. The molecule has 1 fully saturated rings. The molecule has 2 aromatic rings. The number of β-amino-alcohol motifs (C(OH)–C–C–N with tert-alkyl or cyclic N) is 1. The SMILES string of the molecule is CS(=O)(=O)c1ccc(O[C@H]2c3cc(Cl)ccc3C[C@@H]2N2CCN(CCO)CC2)cc1. The van der Waals surface area contributed by atoms with E-state index in [0.717, 1.165) is 38.2 Å². The molecule has 4 rings (SSSR count). The lowest BCUT2D eigenvalue weighted by Gasteiger charge is -2.39. The number of sulfone groups is 1. The molecule has 1 heterocycles. The Kier molecular flexibility index (Phi) is 6.36. The minimum atomic E-state index is -3.24. The minimum absolute atomic E-state index is 0.174. The molecular formula is C22H27ClN2O4S. The average Bonchev–Trinajstić information content (AvgIpc) is 3.06. The number of aliphatic hydroxyl groups is 1. The second-order valence-electron chi connectivity index (χ2n) is 8.00. The van der Waals surface area contributed by atoms with Crippen LogP contribution < -0.4 is 4.74 Å². The molecule has 0 spiro atoms. The van der Waals surface area contributed by atoms with Gasteiger partial charge in [-0.2, -0.15) is 0 Å². The smallest absolute Gasteiger partial charge is 0.175 e. The zero-order chi connectivity index (χ0) is 21.3. The number of halogens is 1. The van der Waals surface area contributed by atoms with Gasteiger partial charge in [0.2, 0.25) is 0 Å². The fraction of sp³-hybridized carbons (Fsp3) is 0.455. The summed E-state index contributed by atoms with van der Waals surface area (Å²) in [6.07, 6.45) is 1.91. The van der Waals surface area contributed by atoms with Gasteiger partial charge in [0.1, 0.15) is 11.9 Å². The molecule has 0 bridgehead atoms. The second-order valence-corrected chi connectivity index (χ2v) is 10.5. The lowest BCUT2D eigenvalue weighted by molar-refractivity contribution is 0.0346. The van der Waals surface area contributed by atoms with E-state index < -0.39 is 9.84 Å². The van der Waals surface area contributed by atoms with Crippen LogP contribution in [0.3, 0.4) is 0 Å². The van der Waals surface area contributed by atoms with E-state index in [9.17, 15) is 13.5 Å². The molecule has 1 N–H and O–H groups in total. The van der Waals surface area contributed by atoms with E-state index in [1.165, 1.54) is 11.8 Å². The molecule has 8 heteroatoms. The molecule has 1 aliphatic carbocycles. The topological polar surface area (TPSA) is 70.1 Å². The van der Waals surface area contributed by atoms with Gasteiger partial charge in [-0.05, 0) is 53.9 Å². The highest BCUT2D eigenvalue weighted by molar-refractivity contribution is 7.90. The molecular weight excluding hydrogens is 424 g/mol. The summed E-state index contributed by atoms with van der Waals surface area (Å²) >= 11 is 6.28. The van der Waals surface area contributed by atoms with Crippen LogP contribution in [-0.4, -0.2) is 75.0 Å². The van der Waals surface area contributed by atoms with E-state index in [1.807, 2.05) is 12.1 Å². The lowest BCUT2D eigenvalue weighted by atomic mass is 10.1. The van der Waals surface area contributed by atoms with Crippen LogP contribution in [0.5, 0.6) is 5.75 Å². The van der Waals surface area contributed by atoms with E-state index in [1.54, 1.807) is 24.3 Å². The number of ether oxygens (including phenoxy) is 1. The van der Waals surface area contributed by atoms with Crippen LogP contribution in [-0.2, 0) is 16.3 Å². The predicted molar refractivity (Wildman–Crippen MR) is 117 cm³/mol. The normalized spacial score (nSPS) is 22.8. The molecule has 0 amide bonds. The first kappa shape index (κ1) is 21.6. The van der Waals surface area contributed by atoms with E-state index >= 15 is 0 Å². The van der Waals surface area contributed by atoms with Crippen LogP contribution >= 0.6 is 11.6 Å². The third-order valence-corrected chi connectivity index (χ3v) is 7.36. The van der Waals surface area contributed by atoms with Gasteiger partial charge in [0.15, 0.2) is 9.84 Å². The number of fused-ring (bicyclic) bond motifs is 1. The van der Waals surface area contributed by atoms with Crippen LogP contribution in [0, 0.1) is 0 Å². The van der Waals surface area contributed by atoms with Crippen molar-refractivity contribution in [1.82, 2.24) is 9.80 Å². The molecule has 2 aromatic carbocycles. The average molecular weight is 451 g/mol. The third-order valence-electron chi connectivity index (χ3n) is 6.00. The number of piperazine rings is 1. The summed E-state index contributed by atoms with van der Waals surface area (Å²) in [5.41, 5.74) is 2.33. The summed E-state index contributed by atoms with van der Waals surface area (Å²) in [5.74, 6) is 0.643. The first-order chi connectivity index (χ1) is 14.3. The lowest BCUT2D eigenvalue weighted by Crippen LogP contribution is -2.52. The van der Waals surface area contributed by atoms with Gasteiger partial charge in [0.25, 0.3) is 0 Å². The van der Waals surface area contributed by atoms with Crippen molar-refractivity contribution in [1.29, 1.82) is 0 Å². The molecule has 0 aromatic heterocycles. The van der Waals surface area contributed by atoms with Crippen molar-refractivity contribution in [3.8, 4) is 5.75 Å². The number of hydrogen-bond donors (Lipinski definition) is 1. The summed E-state index contributed by atoms with van der Waals surface area (Å²) in [5, 5.41) is 9.87. The van der Waals surface area contributed by atoms with Crippen molar-refractivity contribution in [2.45, 2.75) is 23.5 Å². The summed E-state index contributed by atoms with van der Waals surface area (Å²) in [7, 11) is -3.24. The molecule has 0 saturated carbocycles. The van der Waals surface area contributed by atoms with Crippen LogP contribution in [0.2, 0.25) is 5.02 Å². The second kappa shape index (κ2) is 8.85. The molecule has 1 saturated heterocycles. The molecule has 30 heavy (non-hydrogen) atoms. The van der Waals surface area contributed by atoms with Crippen molar-refractivity contribution in [2.75, 3.05) is 45.6 Å². The number of benzene rings is 2. The van der Waals surface area contributed by atoms with Crippen LogP contribution in [0.15, 0.2) is 47.4 Å². The van der Waals surface area contributed by atoms with Crippen LogP contribution in [0.4, 0.5) is 0 Å². The van der Waals surface area contributed by atoms with Crippen molar-refractivity contribution >= 4 is 21.4 Å². The standard InChI is InChI=1S/C22H27ClN2O4S/c1-30(27,28)19-6-4-18(5-7-19)29-22-20-15-17(23)3-2-16(20)14-21(22)25-10-8-24(9-11-25)12-13-26/h2-7,15,21-22,26H,8-14H2,1H3/t21-,22-/m0/s1. The van der Waals surface area contributed by atoms with Gasteiger partial charge in [-0.15, -0.1) is 0 Å². The first-order valence-electron chi connectivity index (χ1n) is 10.2. The molecule has 6 nitrogen and oxygen atoms in total. The Labute approximate surface area is 182 Å². The summed E-state index contributed by atoms with van der Waals surface area (Å²) in [4.78, 5) is 5.01. The molecule has 1 aliphatic heterocycles. The summed E-state index contributed by atoms with van der Waals surface area (Å²) in [6, 6.07) is 12.8. The van der Waals surface area contributed by atoms with Crippen LogP contribution in [0.1, 0.15) is 17.2 Å². The van der Waals surface area contributed by atoms with Gasteiger partial charge in [0, 0.05) is 44.0 Å². The maximum absolute atomic E-state index is 11.7. The highest BCUT2D eigenvalue weighted by Crippen LogP contribution is 2.39. The van der Waals surface area contributed by atoms with Crippen LogP contribution in [0.25, 0.3) is 0 Å². The minimum Gasteiger partial charge on any atom is -0.484 e. The Balaban J connectivity index is 1.56. The summed E-state index contributed by atoms with van der Waals surface area (Å²) < 4.78 is 29.9. The van der Waals surface area contributed by atoms with Gasteiger partial charge in [-0.3, -0.25) is 9.80 Å². The Morgan fingerprint density at radius 1 is 1.10 bits per heavy atom. The zero-order valence-electron chi connectivity index (χ0n) is 17.0. The van der Waals surface area contributed by atoms with Crippen molar-refractivity contribution < 1.29 is 18.3 Å². The maximum atomic E-state index is 11.7. The fourth-order valence-electron chi connectivity index (χ4n) is 4.39. The Hall–Kier alpha value is -1.64. The van der Waals surface area contributed by atoms with E-state index in [4.69, 9.17) is 16.3 Å². The number of rotatable bonds is 6. The number of aliphatic hydroxyl groups excluding tert-OH is 1. The largest absolute Gasteiger partial charge is 0.484 e. The third kappa shape index (κ3) is 4.65. The van der Waals surface area contributed by atoms with Gasteiger partial charge < -0.3 is 9.84 Å². The van der Waals surface area contributed by atoms with Gasteiger partial charge >= 0.3 is 0 Å². The highest BCUT2D eigenvalue weighted by Gasteiger charge is 2.39. The zero-order valence-corrected chi connectivity index (χ0v) is 18.6. The molecule has 2 aliphatic rings. The Bertz CT molecular complexity index is 989. The van der Waals surface area contributed by atoms with E-state index in [-0.39, 0.29) is 23.6 Å². The quantitative estimate of drug-likeness (QED) is 0.728. The van der Waals surface area contributed by atoms with Gasteiger partial charge in [-0.1, -0.05) is 17.7 Å². The summed E-state index contributed by atoms with van der Waals surface area (Å²) in [6.45, 7) is 4.57. The first-order valence-corrected chi connectivity index (χ1v) is 12.4. The number of nitrogens with zero attached hydrogens (tertiary/aromatic N) is 2. The molecule has 162 valence electrons. The van der Waals surface area contributed by atoms with Gasteiger partial charge in [-0.25, -0.2) is 8.42 Å². The fourth-order valence-corrected chi connectivity index (χ4v) is 5.20. The highest BCUT2D eigenvalue weighted by atomic mass is 35.5.